The van der Waals surface area contributed by atoms with Crippen LogP contribution in [-0.4, -0.2) is 60.3 Å². The van der Waals surface area contributed by atoms with Crippen molar-refractivity contribution in [1.29, 1.82) is 0 Å². The zero-order valence-electron chi connectivity index (χ0n) is 19.7. The maximum absolute atomic E-state index is 14.1. The summed E-state index contributed by atoms with van der Waals surface area (Å²) in [6, 6.07) is 1.83. The maximum Gasteiger partial charge on any atom is 0.356 e. The monoisotopic (exact) mass is 454 g/mol. The molecule has 2 unspecified atom stereocenters. The molecule has 0 bridgehead atoms. The molecule has 0 saturated carbocycles. The van der Waals surface area contributed by atoms with Crippen molar-refractivity contribution in [2.24, 2.45) is 11.3 Å². The number of carbonyl (C=O) groups excluding carboxylic acids is 1. The summed E-state index contributed by atoms with van der Waals surface area (Å²) in [5, 5.41) is 5.85. The van der Waals surface area contributed by atoms with Crippen LogP contribution in [0.1, 0.15) is 55.7 Å². The van der Waals surface area contributed by atoms with Gasteiger partial charge in [0.25, 0.3) is 0 Å². The number of hydrogen-bond acceptors (Lipinski definition) is 6. The standard InChI is InChI=1S/C25H31FN4O3/c1-15(2)22-21-20(29-12-25(13-29)8-5-9-33-14-25)11-19(24(31)32-4)27-23(21)30(28-22)17-6-7-18(26)16(3)10-17/h6-7,10-11,15-16,18H,5,8-9,12-14H2,1-4H3. The molecule has 3 aliphatic rings. The molecule has 33 heavy (non-hydrogen) atoms. The van der Waals surface area contributed by atoms with E-state index in [-0.39, 0.29) is 22.9 Å². The third-order valence-corrected chi connectivity index (χ3v) is 7.01. The molecule has 2 aromatic heterocycles. The number of halogens is 1. The SMILES string of the molecule is COC(=O)c1cc(N2CC3(CCCOC3)C2)c2c(C(C)C)nn(C3=CC(C)C(F)C=C3)c2n1. The van der Waals surface area contributed by atoms with Gasteiger partial charge in [0.05, 0.1) is 36.2 Å². The summed E-state index contributed by atoms with van der Waals surface area (Å²) in [5.74, 6) is -0.610. The van der Waals surface area contributed by atoms with Crippen molar-refractivity contribution in [2.45, 2.75) is 45.7 Å². The highest BCUT2D eigenvalue weighted by Gasteiger charge is 2.45. The Kier molecular flexibility index (Phi) is 5.51. The maximum atomic E-state index is 14.1. The van der Waals surface area contributed by atoms with Crippen LogP contribution in [0, 0.1) is 11.3 Å². The molecule has 0 amide bonds. The normalized spacial score (nSPS) is 24.3. The summed E-state index contributed by atoms with van der Waals surface area (Å²) in [6.45, 7) is 9.39. The van der Waals surface area contributed by atoms with Gasteiger partial charge in [-0.05, 0) is 37.0 Å². The minimum atomic E-state index is -1.02. The number of allylic oxidation sites excluding steroid dienone is 4. The molecule has 2 saturated heterocycles. The van der Waals surface area contributed by atoms with E-state index in [9.17, 15) is 9.18 Å². The fraction of sp³-hybridized carbons (Fsp3) is 0.560. The minimum Gasteiger partial charge on any atom is -0.464 e. The van der Waals surface area contributed by atoms with E-state index in [1.807, 2.05) is 19.1 Å². The number of fused-ring (bicyclic) bond motifs is 1. The molecule has 2 atom stereocenters. The van der Waals surface area contributed by atoms with Crippen LogP contribution in [0.2, 0.25) is 0 Å². The van der Waals surface area contributed by atoms with Crippen molar-refractivity contribution in [3.05, 3.63) is 35.7 Å². The summed E-state index contributed by atoms with van der Waals surface area (Å²) in [6.07, 6.45) is 6.37. The van der Waals surface area contributed by atoms with Crippen LogP contribution in [0.5, 0.6) is 0 Å². The van der Waals surface area contributed by atoms with Gasteiger partial charge in [-0.3, -0.25) is 0 Å². The fourth-order valence-electron chi connectivity index (χ4n) is 5.18. The van der Waals surface area contributed by atoms with E-state index in [2.05, 4.69) is 23.7 Å². The van der Waals surface area contributed by atoms with E-state index in [4.69, 9.17) is 14.6 Å². The van der Waals surface area contributed by atoms with Crippen molar-refractivity contribution in [3.8, 4) is 0 Å². The molecule has 0 aromatic carbocycles. The van der Waals surface area contributed by atoms with E-state index >= 15 is 0 Å². The van der Waals surface area contributed by atoms with Gasteiger partial charge in [-0.1, -0.05) is 26.8 Å². The van der Waals surface area contributed by atoms with Crippen LogP contribution in [0.4, 0.5) is 10.1 Å². The molecule has 7 nitrogen and oxygen atoms in total. The summed E-state index contributed by atoms with van der Waals surface area (Å²) in [4.78, 5) is 19.5. The second-order valence-corrected chi connectivity index (χ2v) is 9.93. The number of alkyl halides is 1. The summed E-state index contributed by atoms with van der Waals surface area (Å²) < 4.78 is 26.6. The van der Waals surface area contributed by atoms with E-state index < -0.39 is 12.1 Å². The van der Waals surface area contributed by atoms with E-state index in [0.29, 0.717) is 5.65 Å². The number of pyridine rings is 1. The second-order valence-electron chi connectivity index (χ2n) is 9.93. The third kappa shape index (κ3) is 3.74. The number of carbonyl (C=O) groups is 1. The highest BCUT2D eigenvalue weighted by molar-refractivity contribution is 6.00. The molecule has 8 heteroatoms. The molecule has 5 rings (SSSR count). The summed E-state index contributed by atoms with van der Waals surface area (Å²) in [5.41, 5.74) is 3.63. The lowest BCUT2D eigenvalue weighted by Gasteiger charge is -2.53. The lowest BCUT2D eigenvalue weighted by molar-refractivity contribution is -0.0233. The van der Waals surface area contributed by atoms with Crippen molar-refractivity contribution >= 4 is 28.4 Å². The number of esters is 1. The number of hydrogen-bond donors (Lipinski definition) is 0. The molecule has 1 spiro atoms. The van der Waals surface area contributed by atoms with E-state index in [1.165, 1.54) is 7.11 Å². The van der Waals surface area contributed by atoms with Crippen LogP contribution in [0.25, 0.3) is 16.7 Å². The molecule has 4 heterocycles. The van der Waals surface area contributed by atoms with Crippen molar-refractivity contribution < 1.29 is 18.7 Å². The molecular formula is C25H31FN4O3. The molecule has 2 aliphatic heterocycles. The molecule has 176 valence electrons. The Hall–Kier alpha value is -2.74. The van der Waals surface area contributed by atoms with Crippen LogP contribution >= 0.6 is 0 Å². The number of aromatic nitrogens is 3. The van der Waals surface area contributed by atoms with Gasteiger partial charge < -0.3 is 14.4 Å². The van der Waals surface area contributed by atoms with Crippen LogP contribution in [0.3, 0.4) is 0 Å². The average Bonchev–Trinajstić information content (AvgIpc) is 3.18. The molecule has 2 aromatic rings. The van der Waals surface area contributed by atoms with Gasteiger partial charge in [0.15, 0.2) is 11.3 Å². The summed E-state index contributed by atoms with van der Waals surface area (Å²) in [7, 11) is 1.36. The molecule has 0 N–H and O–H groups in total. The lowest BCUT2D eigenvalue weighted by atomic mass is 9.75. The first kappa shape index (κ1) is 22.1. The second kappa shape index (κ2) is 8.24. The predicted octanol–water partition coefficient (Wildman–Crippen LogP) is 4.34. The number of ether oxygens (including phenoxy) is 2. The number of nitrogens with zero attached hydrogens (tertiary/aromatic N) is 4. The first-order valence-corrected chi connectivity index (χ1v) is 11.7. The van der Waals surface area contributed by atoms with Crippen molar-refractivity contribution in [2.75, 3.05) is 38.3 Å². The molecule has 1 aliphatic carbocycles. The van der Waals surface area contributed by atoms with Gasteiger partial charge in [0.1, 0.15) is 6.17 Å². The van der Waals surface area contributed by atoms with Gasteiger partial charge in [-0.15, -0.1) is 0 Å². The molecule has 2 fully saturated rings. The van der Waals surface area contributed by atoms with E-state index in [1.54, 1.807) is 16.8 Å². The van der Waals surface area contributed by atoms with E-state index in [0.717, 1.165) is 61.6 Å². The average molecular weight is 455 g/mol. The van der Waals surface area contributed by atoms with Crippen LogP contribution in [0.15, 0.2) is 24.3 Å². The Morgan fingerprint density at radius 2 is 2.15 bits per heavy atom. The smallest absolute Gasteiger partial charge is 0.356 e. The largest absolute Gasteiger partial charge is 0.464 e. The number of methoxy groups -OCH3 is 1. The first-order valence-electron chi connectivity index (χ1n) is 11.7. The van der Waals surface area contributed by atoms with Gasteiger partial charge in [-0.2, -0.15) is 5.10 Å². The molecular weight excluding hydrogens is 423 g/mol. The fourth-order valence-corrected chi connectivity index (χ4v) is 5.18. The quantitative estimate of drug-likeness (QED) is 0.640. The zero-order chi connectivity index (χ0) is 23.3. The Labute approximate surface area is 193 Å². The van der Waals surface area contributed by atoms with Crippen molar-refractivity contribution in [1.82, 2.24) is 14.8 Å². The van der Waals surface area contributed by atoms with Gasteiger partial charge >= 0.3 is 5.97 Å². The topological polar surface area (TPSA) is 69.5 Å². The first-order chi connectivity index (χ1) is 15.8. The zero-order valence-corrected chi connectivity index (χ0v) is 19.7. The Morgan fingerprint density at radius 1 is 1.36 bits per heavy atom. The number of anilines is 1. The minimum absolute atomic E-state index is 0.144. The Bertz CT molecular complexity index is 1140. The van der Waals surface area contributed by atoms with Crippen LogP contribution < -0.4 is 4.90 Å². The van der Waals surface area contributed by atoms with Crippen LogP contribution in [-0.2, 0) is 9.47 Å². The van der Waals surface area contributed by atoms with Gasteiger partial charge in [0, 0.05) is 31.0 Å². The Balaban J connectivity index is 1.66. The highest BCUT2D eigenvalue weighted by Crippen LogP contribution is 2.44. The van der Waals surface area contributed by atoms with Gasteiger partial charge in [-0.25, -0.2) is 18.9 Å². The summed E-state index contributed by atoms with van der Waals surface area (Å²) >= 11 is 0. The lowest BCUT2D eigenvalue weighted by Crippen LogP contribution is -2.60. The van der Waals surface area contributed by atoms with Gasteiger partial charge in [0.2, 0.25) is 0 Å². The van der Waals surface area contributed by atoms with Crippen molar-refractivity contribution in [3.63, 3.8) is 0 Å². The Morgan fingerprint density at radius 3 is 2.79 bits per heavy atom. The third-order valence-electron chi connectivity index (χ3n) is 7.01. The number of rotatable bonds is 4. The highest BCUT2D eigenvalue weighted by atomic mass is 19.1. The predicted molar refractivity (Wildman–Crippen MR) is 125 cm³/mol. The molecule has 0 radical (unpaired) electrons.